The average Bonchev–Trinajstić information content (AvgIpc) is 2.95. The van der Waals surface area contributed by atoms with E-state index in [0.717, 1.165) is 16.7 Å². The molecule has 2 aromatic rings. The fraction of sp³-hybridized carbons (Fsp3) is 0.100. The van der Waals surface area contributed by atoms with Crippen LogP contribution >= 0.6 is 34.4 Å². The molecule has 0 bridgehead atoms. The van der Waals surface area contributed by atoms with Gasteiger partial charge in [-0.05, 0) is 69.8 Å². The summed E-state index contributed by atoms with van der Waals surface area (Å²) in [6.07, 6.45) is 1.60. The molecule has 1 aliphatic rings. The van der Waals surface area contributed by atoms with Crippen LogP contribution in [-0.2, 0) is 16.1 Å². The Hall–Kier alpha value is -2.84. The number of hydrogen-bond donors (Lipinski definition) is 1. The van der Waals surface area contributed by atoms with E-state index in [-0.39, 0.29) is 11.4 Å². The Kier molecular flexibility index (Phi) is 6.56. The first-order valence-electron chi connectivity index (χ1n) is 8.26. The quantitative estimate of drug-likeness (QED) is 0.455. The van der Waals surface area contributed by atoms with Crippen molar-refractivity contribution >= 4 is 57.5 Å². The number of hydrogen-bond acceptors (Lipinski definition) is 6. The molecule has 146 valence electrons. The van der Waals surface area contributed by atoms with Crippen molar-refractivity contribution in [3.63, 3.8) is 0 Å². The maximum atomic E-state index is 12.7. The second-order valence-corrected chi connectivity index (χ2v) is 8.06. The number of thioether (sulfide) groups is 1. The van der Waals surface area contributed by atoms with Crippen LogP contribution in [0.3, 0.4) is 0 Å². The first kappa shape index (κ1) is 20.9. The lowest BCUT2D eigenvalue weighted by molar-refractivity contribution is -0.139. The summed E-state index contributed by atoms with van der Waals surface area (Å²) in [4.78, 5) is 37.0. The molecule has 0 saturated carbocycles. The Morgan fingerprint density at radius 1 is 1.28 bits per heavy atom. The molecule has 9 heteroatoms. The predicted molar refractivity (Wildman–Crippen MR) is 115 cm³/mol. The number of carboxylic acids is 1. The molecule has 1 saturated heterocycles. The molecule has 2 amide bonds. The monoisotopic (exact) mass is 520 g/mol. The zero-order valence-corrected chi connectivity index (χ0v) is 17.8. The topological polar surface area (TPSA) is 108 Å². The Labute approximate surface area is 184 Å². The predicted octanol–water partition coefficient (Wildman–Crippen LogP) is 3.86. The smallest absolute Gasteiger partial charge is 0.341 e. The van der Waals surface area contributed by atoms with E-state index in [4.69, 9.17) is 9.84 Å². The van der Waals surface area contributed by atoms with Crippen LogP contribution in [0.15, 0.2) is 47.4 Å². The molecule has 1 fully saturated rings. The number of rotatable bonds is 6. The molecular formula is C20H13IN2O5S. The lowest BCUT2D eigenvalue weighted by atomic mass is 10.1. The molecule has 0 radical (unpaired) electrons. The van der Waals surface area contributed by atoms with Gasteiger partial charge in [0.1, 0.15) is 5.75 Å². The van der Waals surface area contributed by atoms with Gasteiger partial charge in [-0.1, -0.05) is 24.3 Å². The van der Waals surface area contributed by atoms with E-state index in [1.165, 1.54) is 0 Å². The molecule has 1 heterocycles. The molecule has 0 atom stereocenters. The first-order chi connectivity index (χ1) is 13.9. The van der Waals surface area contributed by atoms with Crippen molar-refractivity contribution in [1.82, 2.24) is 4.90 Å². The summed E-state index contributed by atoms with van der Waals surface area (Å²) in [7, 11) is 0. The fourth-order valence-corrected chi connectivity index (χ4v) is 4.12. The highest BCUT2D eigenvalue weighted by Gasteiger charge is 2.35. The van der Waals surface area contributed by atoms with Gasteiger partial charge in [0.05, 0.1) is 26.7 Å². The molecule has 2 aromatic carbocycles. The molecule has 29 heavy (non-hydrogen) atoms. The van der Waals surface area contributed by atoms with Crippen molar-refractivity contribution in [2.24, 2.45) is 0 Å². The number of aliphatic carboxylic acids is 1. The number of amides is 2. The van der Waals surface area contributed by atoms with Crippen LogP contribution in [0.2, 0.25) is 0 Å². The van der Waals surface area contributed by atoms with E-state index < -0.39 is 23.7 Å². The molecule has 0 unspecified atom stereocenters. The summed E-state index contributed by atoms with van der Waals surface area (Å²) < 4.78 is 5.86. The largest absolute Gasteiger partial charge is 0.481 e. The zero-order chi connectivity index (χ0) is 21.0. The zero-order valence-electron chi connectivity index (χ0n) is 14.8. The van der Waals surface area contributed by atoms with Gasteiger partial charge < -0.3 is 9.84 Å². The number of nitriles is 1. The highest BCUT2D eigenvalue weighted by atomic mass is 127. The highest BCUT2D eigenvalue weighted by Crippen LogP contribution is 2.34. The normalized spacial score (nSPS) is 14.9. The third-order valence-corrected chi connectivity index (χ3v) is 5.70. The van der Waals surface area contributed by atoms with Crippen molar-refractivity contribution in [1.29, 1.82) is 5.26 Å². The van der Waals surface area contributed by atoms with Crippen molar-refractivity contribution < 1.29 is 24.2 Å². The Morgan fingerprint density at radius 2 is 2.03 bits per heavy atom. The number of carbonyl (C=O) groups is 3. The summed E-state index contributed by atoms with van der Waals surface area (Å²) in [6, 6.07) is 13.9. The van der Waals surface area contributed by atoms with Gasteiger partial charge >= 0.3 is 5.97 Å². The number of benzene rings is 2. The molecular weight excluding hydrogens is 507 g/mol. The minimum absolute atomic E-state index is 0.0330. The molecule has 0 spiro atoms. The Balaban J connectivity index is 1.78. The van der Waals surface area contributed by atoms with E-state index >= 15 is 0 Å². The van der Waals surface area contributed by atoms with Crippen LogP contribution < -0.4 is 4.74 Å². The van der Waals surface area contributed by atoms with E-state index in [1.807, 2.05) is 22.6 Å². The molecule has 3 rings (SSSR count). The fourth-order valence-electron chi connectivity index (χ4n) is 2.59. The SMILES string of the molecule is N#Cc1ccccc1CN1C(=O)S/C(=C/c2ccc(OCC(=O)O)c(I)c2)C1=O. The number of carboxylic acid groups (broad SMARTS) is 1. The van der Waals surface area contributed by atoms with Gasteiger partial charge in [0.25, 0.3) is 11.1 Å². The molecule has 0 aromatic heterocycles. The highest BCUT2D eigenvalue weighted by molar-refractivity contribution is 14.1. The van der Waals surface area contributed by atoms with Gasteiger partial charge in [0.15, 0.2) is 6.61 Å². The molecule has 1 N–H and O–H groups in total. The standard InChI is InChI=1S/C20H13IN2O5S/c21-15-7-12(5-6-16(15)28-11-18(24)25)8-17-19(26)23(20(27)29-17)10-14-4-2-1-3-13(14)9-22/h1-8H,10-11H2,(H,24,25)/b17-8+. The van der Waals surface area contributed by atoms with E-state index in [1.54, 1.807) is 48.5 Å². The van der Waals surface area contributed by atoms with Crippen molar-refractivity contribution in [3.8, 4) is 11.8 Å². The Bertz CT molecular complexity index is 1080. The summed E-state index contributed by atoms with van der Waals surface area (Å²) in [5.41, 5.74) is 1.70. The lowest BCUT2D eigenvalue weighted by Gasteiger charge is -2.13. The van der Waals surface area contributed by atoms with E-state index in [0.29, 0.717) is 26.0 Å². The number of carbonyl (C=O) groups excluding carboxylic acids is 2. The maximum absolute atomic E-state index is 12.7. The number of ether oxygens (including phenoxy) is 1. The van der Waals surface area contributed by atoms with Crippen molar-refractivity contribution in [2.45, 2.75) is 6.54 Å². The summed E-state index contributed by atoms with van der Waals surface area (Å²) in [6.45, 7) is -0.413. The van der Waals surface area contributed by atoms with Crippen LogP contribution in [0.25, 0.3) is 6.08 Å². The minimum Gasteiger partial charge on any atom is -0.481 e. The van der Waals surface area contributed by atoms with Crippen LogP contribution in [0, 0.1) is 14.9 Å². The summed E-state index contributed by atoms with van der Waals surface area (Å²) in [5.74, 6) is -1.07. The molecule has 1 aliphatic heterocycles. The van der Waals surface area contributed by atoms with Gasteiger partial charge in [-0.3, -0.25) is 14.5 Å². The molecule has 7 nitrogen and oxygen atoms in total. The average molecular weight is 520 g/mol. The van der Waals surface area contributed by atoms with Gasteiger partial charge in [-0.2, -0.15) is 5.26 Å². The van der Waals surface area contributed by atoms with Gasteiger partial charge in [-0.15, -0.1) is 0 Å². The maximum Gasteiger partial charge on any atom is 0.341 e. The van der Waals surface area contributed by atoms with E-state index in [2.05, 4.69) is 6.07 Å². The van der Waals surface area contributed by atoms with Gasteiger partial charge in [-0.25, -0.2) is 4.79 Å². The summed E-state index contributed by atoms with van der Waals surface area (Å²) in [5, 5.41) is 17.5. The first-order valence-corrected chi connectivity index (χ1v) is 10.2. The third kappa shape index (κ3) is 4.96. The lowest BCUT2D eigenvalue weighted by Crippen LogP contribution is -2.27. The van der Waals surface area contributed by atoms with E-state index in [9.17, 15) is 19.6 Å². The number of nitrogens with zero attached hydrogens (tertiary/aromatic N) is 2. The number of halogens is 1. The van der Waals surface area contributed by atoms with Crippen LogP contribution in [-0.4, -0.2) is 33.7 Å². The van der Waals surface area contributed by atoms with Crippen LogP contribution in [0.5, 0.6) is 5.75 Å². The van der Waals surface area contributed by atoms with Crippen molar-refractivity contribution in [3.05, 3.63) is 67.6 Å². The summed E-state index contributed by atoms with van der Waals surface area (Å²) >= 11 is 2.85. The minimum atomic E-state index is -1.07. The van der Waals surface area contributed by atoms with Crippen LogP contribution in [0.4, 0.5) is 4.79 Å². The van der Waals surface area contributed by atoms with Crippen molar-refractivity contribution in [2.75, 3.05) is 6.61 Å². The van der Waals surface area contributed by atoms with Crippen LogP contribution in [0.1, 0.15) is 16.7 Å². The van der Waals surface area contributed by atoms with Gasteiger partial charge in [0, 0.05) is 0 Å². The second-order valence-electron chi connectivity index (χ2n) is 5.91. The van der Waals surface area contributed by atoms with Gasteiger partial charge in [0.2, 0.25) is 0 Å². The number of imide groups is 1. The third-order valence-electron chi connectivity index (χ3n) is 3.94. The molecule has 0 aliphatic carbocycles. The second kappa shape index (κ2) is 9.11. The Morgan fingerprint density at radius 3 is 2.72 bits per heavy atom.